The van der Waals surface area contributed by atoms with Crippen LogP contribution in [-0.4, -0.2) is 28.7 Å². The lowest BCUT2D eigenvalue weighted by atomic mass is 10.1. The van der Waals surface area contributed by atoms with E-state index in [0.717, 1.165) is 4.57 Å². The predicted molar refractivity (Wildman–Crippen MR) is 166 cm³/mol. The van der Waals surface area contributed by atoms with Crippen molar-refractivity contribution < 1.29 is 40.6 Å². The third kappa shape index (κ3) is 8.80. The third-order valence-corrected chi connectivity index (χ3v) is 7.10. The Morgan fingerprint density at radius 3 is 1.88 bits per heavy atom. The van der Waals surface area contributed by atoms with Crippen LogP contribution in [0.25, 0.3) is 10.9 Å². The molecule has 4 aromatic carbocycles. The normalized spacial score (nSPS) is 11.0. The van der Waals surface area contributed by atoms with Gasteiger partial charge in [-0.2, -0.15) is 17.6 Å². The number of nitrogens with two attached hydrogens (primary N) is 1. The van der Waals surface area contributed by atoms with Gasteiger partial charge in [-0.15, -0.1) is 0 Å². The number of hydrogen-bond donors (Lipinski definition) is 3. The maximum absolute atomic E-state index is 13.9. The van der Waals surface area contributed by atoms with E-state index in [4.69, 9.17) is 28.9 Å². The van der Waals surface area contributed by atoms with Gasteiger partial charge in [0.2, 0.25) is 0 Å². The molecule has 0 fully saturated rings. The predicted octanol–water partition coefficient (Wildman–Crippen LogP) is 6.72. The van der Waals surface area contributed by atoms with Crippen LogP contribution in [0, 0.1) is 11.6 Å². The highest BCUT2D eigenvalue weighted by Crippen LogP contribution is 2.24. The number of alkyl halides is 4. The van der Waals surface area contributed by atoms with Crippen LogP contribution in [-0.2, 0) is 13.1 Å². The Bertz CT molecular complexity index is 2040. The summed E-state index contributed by atoms with van der Waals surface area (Å²) in [7, 11) is 0. The lowest BCUT2D eigenvalue weighted by Gasteiger charge is -2.10. The molecule has 0 aliphatic carbocycles. The van der Waals surface area contributed by atoms with E-state index in [9.17, 15) is 40.7 Å². The highest BCUT2D eigenvalue weighted by Gasteiger charge is 2.16. The standard InChI is InChI=1S/C16H10ClF3N2O3.C15H12ClF3N2O2/c17-11-6-5-10-13(12(11)18)21-16(24)22(14(10)23)7-8-1-3-9(4-2-8)25-15(19)20;16-11-6-5-10(13(20)12(11)17)14(22)21-7-8-1-3-9(4-2-8)23-15(18)19/h1-6,15H,7H2,(H,21,24);1-6,15H,7,20H2,(H,21,22). The largest absolute Gasteiger partial charge is 0.435 e. The van der Waals surface area contributed by atoms with Crippen LogP contribution in [0.1, 0.15) is 21.5 Å². The van der Waals surface area contributed by atoms with Crippen molar-refractivity contribution in [2.24, 2.45) is 0 Å². The maximum Gasteiger partial charge on any atom is 0.387 e. The second kappa shape index (κ2) is 15.6. The van der Waals surface area contributed by atoms with Crippen molar-refractivity contribution >= 4 is 45.7 Å². The molecule has 0 aliphatic heterocycles. The van der Waals surface area contributed by atoms with E-state index in [2.05, 4.69) is 19.8 Å². The van der Waals surface area contributed by atoms with E-state index < -0.39 is 42.0 Å². The second-order valence-corrected chi connectivity index (χ2v) is 10.5. The molecule has 0 aliphatic rings. The molecule has 0 saturated carbocycles. The summed E-state index contributed by atoms with van der Waals surface area (Å²) in [5, 5.41) is 2.13. The molecule has 0 unspecified atom stereocenters. The molecule has 0 saturated heterocycles. The van der Waals surface area contributed by atoms with Crippen molar-refractivity contribution in [2.45, 2.75) is 26.3 Å². The lowest BCUT2D eigenvalue weighted by molar-refractivity contribution is -0.0505. The van der Waals surface area contributed by atoms with E-state index in [-0.39, 0.29) is 56.8 Å². The van der Waals surface area contributed by atoms with Crippen LogP contribution in [0.4, 0.5) is 32.0 Å². The molecule has 9 nitrogen and oxygen atoms in total. The molecule has 17 heteroatoms. The summed E-state index contributed by atoms with van der Waals surface area (Å²) in [5.41, 5.74) is 4.52. The number of amides is 1. The van der Waals surface area contributed by atoms with Crippen LogP contribution in [0.15, 0.2) is 82.4 Å². The van der Waals surface area contributed by atoms with Gasteiger partial charge in [0.15, 0.2) is 11.6 Å². The fraction of sp³-hybridized carbons (Fsp3) is 0.129. The molecule has 0 radical (unpaired) electrons. The number of rotatable bonds is 9. The zero-order chi connectivity index (χ0) is 35.1. The first-order chi connectivity index (χ1) is 22.7. The fourth-order valence-electron chi connectivity index (χ4n) is 4.20. The van der Waals surface area contributed by atoms with Gasteiger partial charge in [0, 0.05) is 6.54 Å². The first kappa shape index (κ1) is 35.7. The second-order valence-electron chi connectivity index (χ2n) is 9.66. The summed E-state index contributed by atoms with van der Waals surface area (Å²) in [6.45, 7) is -5.86. The van der Waals surface area contributed by atoms with Crippen LogP contribution < -0.4 is 31.8 Å². The zero-order valence-electron chi connectivity index (χ0n) is 24.1. The van der Waals surface area contributed by atoms with Gasteiger partial charge in [0.05, 0.1) is 38.7 Å². The quantitative estimate of drug-likeness (QED) is 0.115. The summed E-state index contributed by atoms with van der Waals surface area (Å²) in [4.78, 5) is 38.8. The summed E-state index contributed by atoms with van der Waals surface area (Å²) in [5.74, 6) is -2.35. The number of nitrogen functional groups attached to an aromatic ring is 1. The SMILES string of the molecule is Nc1c(C(=O)NCc2ccc(OC(F)F)cc2)ccc(Cl)c1F.O=c1[nH]c2c(F)c(Cl)ccc2c(=O)n1Cc1ccc(OC(F)F)cc1. The number of ether oxygens (including phenoxy) is 2. The third-order valence-electron chi connectivity index (χ3n) is 6.52. The molecule has 0 atom stereocenters. The maximum atomic E-state index is 13.9. The van der Waals surface area contributed by atoms with Gasteiger partial charge in [-0.1, -0.05) is 47.5 Å². The minimum atomic E-state index is -2.95. The highest BCUT2D eigenvalue weighted by molar-refractivity contribution is 6.31. The molecule has 4 N–H and O–H groups in total. The Morgan fingerprint density at radius 1 is 0.792 bits per heavy atom. The first-order valence-electron chi connectivity index (χ1n) is 13.4. The number of fused-ring (bicyclic) bond motifs is 1. The van der Waals surface area contributed by atoms with Crippen molar-refractivity contribution in [3.8, 4) is 11.5 Å². The average molecular weight is 715 g/mol. The number of anilines is 1. The van der Waals surface area contributed by atoms with Gasteiger partial charge in [-0.3, -0.25) is 14.2 Å². The van der Waals surface area contributed by atoms with Crippen molar-refractivity contribution in [1.29, 1.82) is 0 Å². The minimum absolute atomic E-state index is 0.0130. The Labute approximate surface area is 276 Å². The van der Waals surface area contributed by atoms with Gasteiger partial charge in [-0.05, 0) is 59.7 Å². The Morgan fingerprint density at radius 2 is 1.31 bits per heavy atom. The van der Waals surface area contributed by atoms with E-state index in [0.29, 0.717) is 11.1 Å². The van der Waals surface area contributed by atoms with Crippen molar-refractivity contribution in [2.75, 3.05) is 5.73 Å². The molecule has 1 aromatic heterocycles. The van der Waals surface area contributed by atoms with E-state index >= 15 is 0 Å². The van der Waals surface area contributed by atoms with Gasteiger partial charge in [-0.25, -0.2) is 13.6 Å². The molecule has 1 amide bonds. The smallest absolute Gasteiger partial charge is 0.387 e. The number of carbonyl (C=O) groups is 1. The number of nitrogens with one attached hydrogen (secondary N) is 2. The molecule has 5 aromatic rings. The molecular weight excluding hydrogens is 693 g/mol. The molecule has 0 bridgehead atoms. The number of hydrogen-bond acceptors (Lipinski definition) is 6. The molecule has 0 spiro atoms. The minimum Gasteiger partial charge on any atom is -0.435 e. The van der Waals surface area contributed by atoms with Gasteiger partial charge >= 0.3 is 18.9 Å². The first-order valence-corrected chi connectivity index (χ1v) is 14.2. The molecule has 1 heterocycles. The average Bonchev–Trinajstić information content (AvgIpc) is 3.04. The Balaban J connectivity index is 0.000000218. The number of aromatic nitrogens is 2. The summed E-state index contributed by atoms with van der Waals surface area (Å²) in [6, 6.07) is 16.3. The lowest BCUT2D eigenvalue weighted by Crippen LogP contribution is -2.35. The van der Waals surface area contributed by atoms with Crippen LogP contribution in [0.5, 0.6) is 11.5 Å². The topological polar surface area (TPSA) is 128 Å². The van der Waals surface area contributed by atoms with Gasteiger partial charge < -0.3 is 25.5 Å². The van der Waals surface area contributed by atoms with E-state index in [1.807, 2.05) is 0 Å². The summed E-state index contributed by atoms with van der Waals surface area (Å²) in [6.07, 6.45) is 0. The number of carbonyl (C=O) groups excluding carboxylic acids is 1. The number of benzene rings is 4. The molecule has 252 valence electrons. The van der Waals surface area contributed by atoms with Crippen LogP contribution in [0.2, 0.25) is 10.0 Å². The van der Waals surface area contributed by atoms with E-state index in [1.165, 1.54) is 72.8 Å². The zero-order valence-corrected chi connectivity index (χ0v) is 25.6. The number of nitrogens with zero attached hydrogens (tertiary/aromatic N) is 1. The van der Waals surface area contributed by atoms with Gasteiger partial charge in [0.25, 0.3) is 11.5 Å². The number of halogens is 8. The fourth-order valence-corrected chi connectivity index (χ4v) is 4.52. The molecule has 48 heavy (non-hydrogen) atoms. The highest BCUT2D eigenvalue weighted by atomic mass is 35.5. The van der Waals surface area contributed by atoms with Gasteiger partial charge in [0.1, 0.15) is 11.5 Å². The number of aromatic amines is 1. The van der Waals surface area contributed by atoms with Crippen molar-refractivity contribution in [3.63, 3.8) is 0 Å². The van der Waals surface area contributed by atoms with Crippen LogP contribution >= 0.6 is 23.2 Å². The van der Waals surface area contributed by atoms with Crippen molar-refractivity contribution in [3.05, 3.63) is 132 Å². The summed E-state index contributed by atoms with van der Waals surface area (Å²) < 4.78 is 85.1. The Kier molecular flexibility index (Phi) is 11.6. The monoisotopic (exact) mass is 714 g/mol. The molecule has 5 rings (SSSR count). The summed E-state index contributed by atoms with van der Waals surface area (Å²) >= 11 is 11.2. The van der Waals surface area contributed by atoms with Crippen molar-refractivity contribution in [1.82, 2.24) is 14.9 Å². The number of H-pyrrole nitrogens is 1. The Hall–Kier alpha value is -5.15. The van der Waals surface area contributed by atoms with Crippen LogP contribution in [0.3, 0.4) is 0 Å². The molecular formula is C31H22Cl2F6N4O5. The van der Waals surface area contributed by atoms with E-state index in [1.54, 1.807) is 0 Å².